The number of hydrogen-bond acceptors (Lipinski definition) is 3. The van der Waals surface area contributed by atoms with Gasteiger partial charge in [0.05, 0.1) is 0 Å². The smallest absolute Gasteiger partial charge is 0.317 e. The Hall–Kier alpha value is -1.59. The Morgan fingerprint density at radius 3 is 2.61 bits per heavy atom. The fraction of sp³-hybridized carbons (Fsp3) is 0.864. The molecule has 3 fully saturated rings. The van der Waals surface area contributed by atoms with Crippen LogP contribution in [-0.2, 0) is 6.54 Å². The quantitative estimate of drug-likeness (QED) is 0.836. The fourth-order valence-electron chi connectivity index (χ4n) is 5.82. The summed E-state index contributed by atoms with van der Waals surface area (Å²) in [6.07, 6.45) is 14.2. The average Bonchev–Trinajstić information content (AvgIpc) is 3.27. The maximum atomic E-state index is 13.1. The standard InChI is InChI=1S/C22H37N5O/c1-17(2)13-27-16-23-25-20(27)19-14-26(15-22(19)11-7-4-8-12-22)21(28)24-18-9-5-3-6-10-18/h16-19H,3-15H2,1-2H3,(H,24,28). The van der Waals surface area contributed by atoms with Crippen LogP contribution in [0.3, 0.4) is 0 Å². The summed E-state index contributed by atoms with van der Waals surface area (Å²) in [7, 11) is 0. The van der Waals surface area contributed by atoms with Crippen molar-refractivity contribution in [3.05, 3.63) is 12.2 Å². The van der Waals surface area contributed by atoms with E-state index in [0.717, 1.165) is 38.3 Å². The molecule has 1 aromatic rings. The van der Waals surface area contributed by atoms with Gasteiger partial charge in [0.2, 0.25) is 0 Å². The van der Waals surface area contributed by atoms with Gasteiger partial charge in [-0.05, 0) is 37.0 Å². The van der Waals surface area contributed by atoms with E-state index in [4.69, 9.17) is 0 Å². The van der Waals surface area contributed by atoms with E-state index in [9.17, 15) is 4.79 Å². The van der Waals surface area contributed by atoms with Crippen LogP contribution in [0.5, 0.6) is 0 Å². The monoisotopic (exact) mass is 387 g/mol. The molecule has 3 aliphatic rings. The van der Waals surface area contributed by atoms with Crippen LogP contribution in [0.2, 0.25) is 0 Å². The molecule has 1 unspecified atom stereocenters. The van der Waals surface area contributed by atoms with Gasteiger partial charge in [-0.1, -0.05) is 52.4 Å². The molecule has 1 atom stereocenters. The highest BCUT2D eigenvalue weighted by molar-refractivity contribution is 5.75. The number of nitrogens with one attached hydrogen (secondary N) is 1. The first-order valence-electron chi connectivity index (χ1n) is 11.5. The zero-order valence-corrected chi connectivity index (χ0v) is 17.7. The van der Waals surface area contributed by atoms with Gasteiger partial charge >= 0.3 is 6.03 Å². The van der Waals surface area contributed by atoms with E-state index >= 15 is 0 Å². The molecule has 0 radical (unpaired) electrons. The molecular formula is C22H37N5O. The Bertz CT molecular complexity index is 658. The van der Waals surface area contributed by atoms with Crippen molar-refractivity contribution in [1.29, 1.82) is 0 Å². The number of aromatic nitrogens is 3. The Kier molecular flexibility index (Phi) is 5.93. The van der Waals surface area contributed by atoms with Gasteiger partial charge < -0.3 is 14.8 Å². The molecule has 6 heteroatoms. The van der Waals surface area contributed by atoms with Crippen LogP contribution in [0.25, 0.3) is 0 Å². The lowest BCUT2D eigenvalue weighted by molar-refractivity contribution is 0.161. The highest BCUT2D eigenvalue weighted by Gasteiger charge is 2.50. The first-order chi connectivity index (χ1) is 13.6. The maximum absolute atomic E-state index is 13.1. The van der Waals surface area contributed by atoms with Crippen molar-refractivity contribution in [3.63, 3.8) is 0 Å². The molecule has 2 saturated carbocycles. The molecule has 1 aromatic heterocycles. The molecule has 0 bridgehead atoms. The SMILES string of the molecule is CC(C)Cn1cnnc1C1CN(C(=O)NC2CCCCC2)CC12CCCCC2. The Labute approximate surface area is 169 Å². The van der Waals surface area contributed by atoms with Crippen molar-refractivity contribution in [2.75, 3.05) is 13.1 Å². The zero-order valence-electron chi connectivity index (χ0n) is 17.7. The highest BCUT2D eigenvalue weighted by atomic mass is 16.2. The Morgan fingerprint density at radius 2 is 1.89 bits per heavy atom. The van der Waals surface area contributed by atoms with E-state index in [1.807, 2.05) is 6.33 Å². The van der Waals surface area contributed by atoms with Crippen LogP contribution in [-0.4, -0.2) is 44.8 Å². The van der Waals surface area contributed by atoms with Gasteiger partial charge in [-0.3, -0.25) is 0 Å². The Balaban J connectivity index is 1.53. The van der Waals surface area contributed by atoms with Gasteiger partial charge in [0.25, 0.3) is 0 Å². The second-order valence-corrected chi connectivity index (χ2v) is 9.88. The van der Waals surface area contributed by atoms with E-state index in [0.29, 0.717) is 17.9 Å². The van der Waals surface area contributed by atoms with E-state index < -0.39 is 0 Å². The van der Waals surface area contributed by atoms with Crippen LogP contribution < -0.4 is 5.32 Å². The zero-order chi connectivity index (χ0) is 19.6. The van der Waals surface area contributed by atoms with Crippen LogP contribution in [0, 0.1) is 11.3 Å². The summed E-state index contributed by atoms with van der Waals surface area (Å²) in [6.45, 7) is 7.08. The summed E-state index contributed by atoms with van der Waals surface area (Å²) >= 11 is 0. The fourth-order valence-corrected chi connectivity index (χ4v) is 5.82. The van der Waals surface area contributed by atoms with E-state index in [-0.39, 0.29) is 11.4 Å². The molecule has 2 aliphatic carbocycles. The van der Waals surface area contributed by atoms with E-state index in [2.05, 4.69) is 38.8 Å². The molecule has 1 spiro atoms. The molecule has 1 saturated heterocycles. The highest BCUT2D eigenvalue weighted by Crippen LogP contribution is 2.51. The summed E-state index contributed by atoms with van der Waals surface area (Å²) in [6, 6.07) is 0.515. The lowest BCUT2D eigenvalue weighted by Crippen LogP contribution is -2.45. The second-order valence-electron chi connectivity index (χ2n) is 9.88. The topological polar surface area (TPSA) is 63.1 Å². The van der Waals surface area contributed by atoms with Gasteiger partial charge in [0.1, 0.15) is 12.2 Å². The van der Waals surface area contributed by atoms with E-state index in [1.54, 1.807) is 0 Å². The second kappa shape index (κ2) is 8.42. The summed E-state index contributed by atoms with van der Waals surface area (Å²) in [5.74, 6) is 1.97. The van der Waals surface area contributed by atoms with Crippen molar-refractivity contribution in [2.45, 2.75) is 96.6 Å². The first kappa shape index (κ1) is 19.7. The molecule has 156 valence electrons. The number of carbonyl (C=O) groups is 1. The van der Waals surface area contributed by atoms with Crippen molar-refractivity contribution in [2.24, 2.45) is 11.3 Å². The normalized spacial score (nSPS) is 25.5. The molecular weight excluding hydrogens is 350 g/mol. The number of amides is 2. The minimum Gasteiger partial charge on any atom is -0.335 e. The predicted octanol–water partition coefficient (Wildman–Crippen LogP) is 4.33. The number of carbonyl (C=O) groups excluding carboxylic acids is 1. The van der Waals surface area contributed by atoms with Crippen LogP contribution in [0.15, 0.2) is 6.33 Å². The average molecular weight is 388 g/mol. The third kappa shape index (κ3) is 4.06. The first-order valence-corrected chi connectivity index (χ1v) is 11.5. The molecule has 1 aliphatic heterocycles. The Morgan fingerprint density at radius 1 is 1.18 bits per heavy atom. The van der Waals surface area contributed by atoms with Gasteiger partial charge in [0.15, 0.2) is 0 Å². The molecule has 0 aromatic carbocycles. The number of rotatable bonds is 4. The van der Waals surface area contributed by atoms with Gasteiger partial charge in [-0.2, -0.15) is 0 Å². The van der Waals surface area contributed by atoms with Gasteiger partial charge in [0, 0.05) is 31.6 Å². The minimum atomic E-state index is 0.147. The van der Waals surface area contributed by atoms with E-state index in [1.165, 1.54) is 51.4 Å². The lowest BCUT2D eigenvalue weighted by Gasteiger charge is -2.37. The summed E-state index contributed by atoms with van der Waals surface area (Å²) in [4.78, 5) is 15.2. The molecule has 28 heavy (non-hydrogen) atoms. The predicted molar refractivity (Wildman–Crippen MR) is 110 cm³/mol. The number of hydrogen-bond donors (Lipinski definition) is 1. The van der Waals surface area contributed by atoms with Crippen molar-refractivity contribution >= 4 is 6.03 Å². The largest absolute Gasteiger partial charge is 0.335 e. The number of nitrogens with zero attached hydrogens (tertiary/aromatic N) is 4. The maximum Gasteiger partial charge on any atom is 0.317 e. The van der Waals surface area contributed by atoms with Crippen LogP contribution in [0.1, 0.15) is 89.8 Å². The van der Waals surface area contributed by atoms with Gasteiger partial charge in [-0.15, -0.1) is 10.2 Å². The van der Waals surface area contributed by atoms with Crippen LogP contribution in [0.4, 0.5) is 4.79 Å². The van der Waals surface area contributed by atoms with Crippen LogP contribution >= 0.6 is 0 Å². The third-order valence-electron chi connectivity index (χ3n) is 7.24. The van der Waals surface area contributed by atoms with Gasteiger partial charge in [-0.25, -0.2) is 4.79 Å². The van der Waals surface area contributed by atoms with Crippen molar-refractivity contribution in [3.8, 4) is 0 Å². The molecule has 1 N–H and O–H groups in total. The summed E-state index contributed by atoms with van der Waals surface area (Å²) < 4.78 is 2.24. The molecule has 2 heterocycles. The number of urea groups is 1. The van der Waals surface area contributed by atoms with Crippen molar-refractivity contribution in [1.82, 2.24) is 25.0 Å². The van der Waals surface area contributed by atoms with Crippen molar-refractivity contribution < 1.29 is 4.79 Å². The third-order valence-corrected chi connectivity index (χ3v) is 7.24. The molecule has 6 nitrogen and oxygen atoms in total. The molecule has 4 rings (SSSR count). The number of likely N-dealkylation sites (tertiary alicyclic amines) is 1. The lowest BCUT2D eigenvalue weighted by atomic mass is 9.67. The summed E-state index contributed by atoms with van der Waals surface area (Å²) in [5.41, 5.74) is 0.184. The molecule has 2 amide bonds. The minimum absolute atomic E-state index is 0.147. The summed E-state index contributed by atoms with van der Waals surface area (Å²) in [5, 5.41) is 12.2.